The molecule has 0 N–H and O–H groups in total. The van der Waals surface area contributed by atoms with Gasteiger partial charge < -0.3 is 0 Å². The zero-order valence-corrected chi connectivity index (χ0v) is 16.5. The van der Waals surface area contributed by atoms with Gasteiger partial charge in [-0.1, -0.05) is 46.5 Å². The molecule has 0 aliphatic heterocycles. The lowest BCUT2D eigenvalue weighted by Gasteiger charge is -2.66. The lowest BCUT2D eigenvalue weighted by atomic mass is 9.38. The van der Waals surface area contributed by atoms with E-state index in [1.165, 1.54) is 12.8 Å². The molecule has 9 unspecified atom stereocenters. The Balaban J connectivity index is 1.47. The summed E-state index contributed by atoms with van der Waals surface area (Å²) in [4.78, 5) is 0. The quantitative estimate of drug-likeness (QED) is 0.445. The summed E-state index contributed by atoms with van der Waals surface area (Å²) in [5.74, 6) is 7.57. The number of rotatable bonds is 0. The van der Waals surface area contributed by atoms with E-state index in [1.54, 1.807) is 64.2 Å². The first-order valence-electron chi connectivity index (χ1n) is 11.5. The molecule has 5 saturated carbocycles. The van der Waals surface area contributed by atoms with Crippen LogP contribution in [0.1, 0.15) is 97.8 Å². The van der Waals surface area contributed by atoms with Crippen LogP contribution in [0.3, 0.4) is 0 Å². The second kappa shape index (κ2) is 5.50. The maximum Gasteiger partial charge on any atom is -0.0261 e. The number of hydrogen-bond acceptors (Lipinski definition) is 0. The van der Waals surface area contributed by atoms with Crippen molar-refractivity contribution in [2.45, 2.75) is 97.8 Å². The molecule has 0 aromatic rings. The van der Waals surface area contributed by atoms with Crippen LogP contribution in [0.5, 0.6) is 0 Å². The van der Waals surface area contributed by atoms with Crippen molar-refractivity contribution in [2.75, 3.05) is 0 Å². The van der Waals surface area contributed by atoms with Crippen LogP contribution in [0.15, 0.2) is 0 Å². The molecule has 0 heterocycles. The molecule has 5 rings (SSSR count). The summed E-state index contributed by atoms with van der Waals surface area (Å²) >= 11 is 0. The van der Waals surface area contributed by atoms with E-state index in [-0.39, 0.29) is 0 Å². The topological polar surface area (TPSA) is 0 Å². The Hall–Kier alpha value is 0. The molecule has 0 bridgehead atoms. The summed E-state index contributed by atoms with van der Waals surface area (Å²) in [6.45, 7) is 8.11. The van der Waals surface area contributed by atoms with Gasteiger partial charge in [-0.15, -0.1) is 0 Å². The van der Waals surface area contributed by atoms with Crippen molar-refractivity contribution in [3.63, 3.8) is 0 Å². The van der Waals surface area contributed by atoms with Gasteiger partial charge in [-0.3, -0.25) is 0 Å². The fourth-order valence-corrected chi connectivity index (χ4v) is 9.87. The van der Waals surface area contributed by atoms with Crippen molar-refractivity contribution in [3.8, 4) is 0 Å². The lowest BCUT2D eigenvalue weighted by Crippen LogP contribution is -2.59. The van der Waals surface area contributed by atoms with Gasteiger partial charge in [0, 0.05) is 0 Å². The molecule has 0 aromatic heterocycles. The van der Waals surface area contributed by atoms with Crippen LogP contribution in [0.25, 0.3) is 0 Å². The standard InChI is InChI=1S/C24H40/c1-16-6-5-14-23(2)20(16)13-15-24(3)21-11-9-17-7-4-8-18(17)19(21)10-12-22(23)24/h16-22H,4-15H2,1-3H3. The first-order valence-corrected chi connectivity index (χ1v) is 11.5. The van der Waals surface area contributed by atoms with Gasteiger partial charge in [0.2, 0.25) is 0 Å². The molecule has 5 aliphatic carbocycles. The molecule has 5 fully saturated rings. The third-order valence-corrected chi connectivity index (χ3v) is 10.8. The van der Waals surface area contributed by atoms with Gasteiger partial charge >= 0.3 is 0 Å². The number of hydrogen-bond donors (Lipinski definition) is 0. The Morgan fingerprint density at radius 1 is 0.625 bits per heavy atom. The molecular formula is C24H40. The zero-order chi connectivity index (χ0) is 16.5. The van der Waals surface area contributed by atoms with Crippen molar-refractivity contribution in [1.82, 2.24) is 0 Å². The summed E-state index contributed by atoms with van der Waals surface area (Å²) in [7, 11) is 0. The molecule has 0 amide bonds. The summed E-state index contributed by atoms with van der Waals surface area (Å²) in [6.07, 6.45) is 18.8. The van der Waals surface area contributed by atoms with Gasteiger partial charge in [-0.05, 0) is 104 Å². The van der Waals surface area contributed by atoms with Crippen molar-refractivity contribution in [1.29, 1.82) is 0 Å². The van der Waals surface area contributed by atoms with Gasteiger partial charge in [-0.2, -0.15) is 0 Å². The molecule has 9 atom stereocenters. The highest BCUT2D eigenvalue weighted by Gasteiger charge is 2.61. The van der Waals surface area contributed by atoms with Crippen LogP contribution < -0.4 is 0 Å². The normalized spacial score (nSPS) is 59.9. The van der Waals surface area contributed by atoms with Crippen LogP contribution in [0.2, 0.25) is 0 Å². The third-order valence-electron chi connectivity index (χ3n) is 10.8. The minimum atomic E-state index is 0.683. The van der Waals surface area contributed by atoms with Crippen molar-refractivity contribution < 1.29 is 0 Å². The van der Waals surface area contributed by atoms with E-state index < -0.39 is 0 Å². The van der Waals surface area contributed by atoms with Crippen LogP contribution in [0.4, 0.5) is 0 Å². The van der Waals surface area contributed by atoms with E-state index in [2.05, 4.69) is 20.8 Å². The highest BCUT2D eigenvalue weighted by Crippen LogP contribution is 2.70. The molecular weight excluding hydrogens is 288 g/mol. The molecule has 0 saturated heterocycles. The van der Waals surface area contributed by atoms with E-state index in [0.29, 0.717) is 10.8 Å². The first kappa shape index (κ1) is 16.2. The Kier molecular flexibility index (Phi) is 3.71. The zero-order valence-electron chi connectivity index (χ0n) is 16.5. The Bertz CT molecular complexity index is 494. The molecule has 0 nitrogen and oxygen atoms in total. The second-order valence-corrected chi connectivity index (χ2v) is 11.4. The average molecular weight is 329 g/mol. The Morgan fingerprint density at radius 2 is 1.46 bits per heavy atom. The van der Waals surface area contributed by atoms with Crippen molar-refractivity contribution in [3.05, 3.63) is 0 Å². The SMILES string of the molecule is CC1CCCC2(C)C1CCC1(C)C3CCC4CCCC4C3CCC21. The highest BCUT2D eigenvalue weighted by atomic mass is 14.7. The third kappa shape index (κ3) is 2.04. The molecule has 136 valence electrons. The lowest BCUT2D eigenvalue weighted by molar-refractivity contribution is -0.174. The van der Waals surface area contributed by atoms with Crippen LogP contribution in [-0.4, -0.2) is 0 Å². The highest BCUT2D eigenvalue weighted by molar-refractivity contribution is 5.11. The molecule has 24 heavy (non-hydrogen) atoms. The van der Waals surface area contributed by atoms with Crippen LogP contribution in [0, 0.1) is 52.3 Å². The number of fused-ring (bicyclic) bond motifs is 7. The maximum absolute atomic E-state index is 2.78. The molecule has 0 radical (unpaired) electrons. The predicted octanol–water partition coefficient (Wildman–Crippen LogP) is 7.08. The van der Waals surface area contributed by atoms with Crippen LogP contribution in [-0.2, 0) is 0 Å². The largest absolute Gasteiger partial charge is 0.0622 e. The van der Waals surface area contributed by atoms with Crippen LogP contribution >= 0.6 is 0 Å². The first-order chi connectivity index (χ1) is 11.5. The van der Waals surface area contributed by atoms with E-state index in [4.69, 9.17) is 0 Å². The van der Waals surface area contributed by atoms with E-state index >= 15 is 0 Å². The van der Waals surface area contributed by atoms with Gasteiger partial charge in [-0.25, -0.2) is 0 Å². The van der Waals surface area contributed by atoms with Gasteiger partial charge in [0.25, 0.3) is 0 Å². The van der Waals surface area contributed by atoms with E-state index in [0.717, 1.165) is 41.4 Å². The summed E-state index contributed by atoms with van der Waals surface area (Å²) in [5, 5.41) is 0. The van der Waals surface area contributed by atoms with Gasteiger partial charge in [0.1, 0.15) is 0 Å². The fourth-order valence-electron chi connectivity index (χ4n) is 9.87. The summed E-state index contributed by atoms with van der Waals surface area (Å²) in [6, 6.07) is 0. The second-order valence-electron chi connectivity index (χ2n) is 11.4. The van der Waals surface area contributed by atoms with Crippen molar-refractivity contribution in [2.24, 2.45) is 52.3 Å². The molecule has 0 aromatic carbocycles. The molecule has 0 spiro atoms. The van der Waals surface area contributed by atoms with E-state index in [1.807, 2.05) is 0 Å². The summed E-state index contributed by atoms with van der Waals surface area (Å²) < 4.78 is 0. The maximum atomic E-state index is 2.78. The smallest absolute Gasteiger partial charge is 0.0261 e. The molecule has 5 aliphatic rings. The van der Waals surface area contributed by atoms with E-state index in [9.17, 15) is 0 Å². The monoisotopic (exact) mass is 328 g/mol. The Labute approximate surface area is 150 Å². The Morgan fingerprint density at radius 3 is 2.33 bits per heavy atom. The van der Waals surface area contributed by atoms with Gasteiger partial charge in [0.15, 0.2) is 0 Å². The van der Waals surface area contributed by atoms with Gasteiger partial charge in [0.05, 0.1) is 0 Å². The minimum absolute atomic E-state index is 0.683. The minimum Gasteiger partial charge on any atom is -0.0622 e. The summed E-state index contributed by atoms with van der Waals surface area (Å²) in [5.41, 5.74) is 1.38. The van der Waals surface area contributed by atoms with Crippen molar-refractivity contribution >= 4 is 0 Å². The molecule has 0 heteroatoms. The predicted molar refractivity (Wildman–Crippen MR) is 102 cm³/mol. The average Bonchev–Trinajstić information content (AvgIpc) is 3.03. The fraction of sp³-hybridized carbons (Fsp3) is 1.00.